The van der Waals surface area contributed by atoms with Gasteiger partial charge in [-0.2, -0.15) is 13.2 Å². The monoisotopic (exact) mass is 661 g/mol. The fourth-order valence-corrected chi connectivity index (χ4v) is 6.13. The summed E-state index contributed by atoms with van der Waals surface area (Å²) < 4.78 is 48.2. The summed E-state index contributed by atoms with van der Waals surface area (Å²) in [5.74, 6) is -0.449. The van der Waals surface area contributed by atoms with Crippen molar-refractivity contribution in [3.63, 3.8) is 0 Å². The Hall–Kier alpha value is -3.14. The number of hydrogen-bond acceptors (Lipinski definition) is 5. The number of carbonyl (C=O) groups is 2. The standard InChI is InChI=1S/C33H39BrF3N3O3/c1-20-9-8-16-40(19-20)30-21(2)29(25-17-23(34)13-14-27(25)39-30)31(42)38-18-22(12-15-28(41)43-32(3,4)5)24-10-6-7-11-26(24)33(35,36)37/h6-7,10-11,13-14,17,20,22H,8-9,12,15-16,18-19H2,1-5H3,(H,38,42). The molecule has 0 spiro atoms. The Kier molecular flexibility index (Phi) is 10.1. The van der Waals surface area contributed by atoms with Crippen molar-refractivity contribution < 1.29 is 27.5 Å². The lowest BCUT2D eigenvalue weighted by molar-refractivity contribution is -0.155. The minimum Gasteiger partial charge on any atom is -0.460 e. The maximum absolute atomic E-state index is 14.0. The molecule has 4 rings (SSSR count). The second-order valence-electron chi connectivity index (χ2n) is 12.4. The normalized spacial score (nSPS) is 16.7. The zero-order chi connectivity index (χ0) is 31.5. The minimum absolute atomic E-state index is 0.0286. The van der Waals surface area contributed by atoms with E-state index in [1.165, 1.54) is 18.2 Å². The Labute approximate surface area is 259 Å². The number of rotatable bonds is 8. The Balaban J connectivity index is 1.68. The van der Waals surface area contributed by atoms with Crippen molar-refractivity contribution in [2.24, 2.45) is 5.92 Å². The van der Waals surface area contributed by atoms with Crippen LogP contribution in [0.3, 0.4) is 0 Å². The number of anilines is 1. The second-order valence-corrected chi connectivity index (χ2v) is 13.3. The van der Waals surface area contributed by atoms with Crippen molar-refractivity contribution in [1.29, 1.82) is 0 Å². The third-order valence-corrected chi connectivity index (χ3v) is 8.17. The van der Waals surface area contributed by atoms with Gasteiger partial charge in [0.1, 0.15) is 11.4 Å². The zero-order valence-electron chi connectivity index (χ0n) is 25.3. The summed E-state index contributed by atoms with van der Waals surface area (Å²) in [6.07, 6.45) is -2.45. The number of nitrogens with zero attached hydrogens (tertiary/aromatic N) is 2. The molecule has 1 aromatic heterocycles. The predicted molar refractivity (Wildman–Crippen MR) is 166 cm³/mol. The highest BCUT2D eigenvalue weighted by atomic mass is 79.9. The van der Waals surface area contributed by atoms with Crippen molar-refractivity contribution in [2.75, 3.05) is 24.5 Å². The van der Waals surface area contributed by atoms with Crippen molar-refractivity contribution in [2.45, 2.75) is 78.0 Å². The lowest BCUT2D eigenvalue weighted by atomic mass is 9.89. The molecule has 3 aromatic rings. The SMILES string of the molecule is Cc1c(N2CCCC(C)C2)nc2ccc(Br)cc2c1C(=O)NCC(CCC(=O)OC(C)(C)C)c1ccccc1C(F)(F)F. The van der Waals surface area contributed by atoms with Crippen molar-refractivity contribution in [3.8, 4) is 0 Å². The molecule has 1 fully saturated rings. The lowest BCUT2D eigenvalue weighted by Crippen LogP contribution is -2.36. The summed E-state index contributed by atoms with van der Waals surface area (Å²) in [7, 11) is 0. The van der Waals surface area contributed by atoms with E-state index in [-0.39, 0.29) is 24.9 Å². The molecule has 0 saturated carbocycles. The van der Waals surface area contributed by atoms with E-state index in [4.69, 9.17) is 9.72 Å². The van der Waals surface area contributed by atoms with Crippen LogP contribution in [0.5, 0.6) is 0 Å². The van der Waals surface area contributed by atoms with Gasteiger partial charge in [0, 0.05) is 47.4 Å². The van der Waals surface area contributed by atoms with Crippen LogP contribution in [-0.4, -0.2) is 42.1 Å². The minimum atomic E-state index is -4.59. The van der Waals surface area contributed by atoms with Crippen LogP contribution >= 0.6 is 15.9 Å². The number of halogens is 4. The molecule has 2 heterocycles. The maximum atomic E-state index is 14.0. The number of fused-ring (bicyclic) bond motifs is 1. The van der Waals surface area contributed by atoms with Crippen LogP contribution in [0.4, 0.5) is 19.0 Å². The van der Waals surface area contributed by atoms with Gasteiger partial charge in [-0.15, -0.1) is 0 Å². The van der Waals surface area contributed by atoms with E-state index >= 15 is 0 Å². The van der Waals surface area contributed by atoms with E-state index in [1.54, 1.807) is 20.8 Å². The summed E-state index contributed by atoms with van der Waals surface area (Å²) in [6, 6.07) is 10.9. The van der Waals surface area contributed by atoms with Crippen LogP contribution < -0.4 is 10.2 Å². The number of alkyl halides is 3. The largest absolute Gasteiger partial charge is 0.460 e. The number of piperidine rings is 1. The summed E-state index contributed by atoms with van der Waals surface area (Å²) in [5, 5.41) is 3.57. The molecular formula is C33H39BrF3N3O3. The molecule has 1 amide bonds. The van der Waals surface area contributed by atoms with Crippen LogP contribution in [0.2, 0.25) is 0 Å². The summed E-state index contributed by atoms with van der Waals surface area (Å²) in [6.45, 7) is 10.8. The average Bonchev–Trinajstić information content (AvgIpc) is 2.91. The average molecular weight is 663 g/mol. The third kappa shape index (κ3) is 8.28. The van der Waals surface area contributed by atoms with E-state index in [0.29, 0.717) is 22.4 Å². The van der Waals surface area contributed by atoms with E-state index < -0.39 is 35.1 Å². The predicted octanol–water partition coefficient (Wildman–Crippen LogP) is 8.20. The van der Waals surface area contributed by atoms with Gasteiger partial charge in [-0.1, -0.05) is 41.1 Å². The van der Waals surface area contributed by atoms with Gasteiger partial charge in [0.15, 0.2) is 0 Å². The molecule has 1 aliphatic heterocycles. The molecule has 1 N–H and O–H groups in total. The Morgan fingerprint density at radius 3 is 2.56 bits per heavy atom. The van der Waals surface area contributed by atoms with Gasteiger partial charge in [0.2, 0.25) is 0 Å². The molecule has 232 valence electrons. The quantitative estimate of drug-likeness (QED) is 0.247. The summed E-state index contributed by atoms with van der Waals surface area (Å²) in [4.78, 5) is 33.6. The Bertz CT molecular complexity index is 1490. The molecule has 6 nitrogen and oxygen atoms in total. The van der Waals surface area contributed by atoms with Crippen molar-refractivity contribution in [1.82, 2.24) is 10.3 Å². The van der Waals surface area contributed by atoms with Crippen LogP contribution in [-0.2, 0) is 15.7 Å². The molecule has 2 unspecified atom stereocenters. The number of ether oxygens (including phenoxy) is 1. The van der Waals surface area contributed by atoms with E-state index in [1.807, 2.05) is 25.1 Å². The molecule has 10 heteroatoms. The molecule has 0 aliphatic carbocycles. The number of aromatic nitrogens is 1. The lowest BCUT2D eigenvalue weighted by Gasteiger charge is -2.33. The van der Waals surface area contributed by atoms with Gasteiger partial charge in [-0.05, 0) is 82.7 Å². The van der Waals surface area contributed by atoms with Gasteiger partial charge >= 0.3 is 12.1 Å². The number of benzene rings is 2. The van der Waals surface area contributed by atoms with Gasteiger partial charge in [-0.25, -0.2) is 4.98 Å². The number of nitrogens with one attached hydrogen (secondary N) is 1. The van der Waals surface area contributed by atoms with Gasteiger partial charge < -0.3 is 15.0 Å². The summed E-state index contributed by atoms with van der Waals surface area (Å²) in [5.41, 5.74) is 0.349. The molecular weight excluding hydrogens is 623 g/mol. The number of pyridine rings is 1. The Morgan fingerprint density at radius 2 is 1.88 bits per heavy atom. The second kappa shape index (κ2) is 13.2. The smallest absolute Gasteiger partial charge is 0.416 e. The first-order valence-corrected chi connectivity index (χ1v) is 15.4. The summed E-state index contributed by atoms with van der Waals surface area (Å²) >= 11 is 3.50. The fraction of sp³-hybridized carbons (Fsp3) is 0.485. The molecule has 0 radical (unpaired) electrons. The zero-order valence-corrected chi connectivity index (χ0v) is 26.9. The molecule has 1 aliphatic rings. The highest BCUT2D eigenvalue weighted by molar-refractivity contribution is 9.10. The fourth-order valence-electron chi connectivity index (χ4n) is 5.77. The first kappa shape index (κ1) is 32.8. The van der Waals surface area contributed by atoms with Crippen LogP contribution in [0, 0.1) is 12.8 Å². The third-order valence-electron chi connectivity index (χ3n) is 7.68. The first-order chi connectivity index (χ1) is 20.1. The number of carbonyl (C=O) groups excluding carboxylic acids is 2. The number of hydrogen-bond donors (Lipinski definition) is 1. The van der Waals surface area contributed by atoms with Gasteiger partial charge in [0.25, 0.3) is 5.91 Å². The van der Waals surface area contributed by atoms with Crippen molar-refractivity contribution in [3.05, 3.63) is 69.2 Å². The topological polar surface area (TPSA) is 71.5 Å². The van der Waals surface area contributed by atoms with Crippen LogP contribution in [0.15, 0.2) is 46.9 Å². The van der Waals surface area contributed by atoms with Gasteiger partial charge in [-0.3, -0.25) is 9.59 Å². The Morgan fingerprint density at radius 1 is 1.16 bits per heavy atom. The highest BCUT2D eigenvalue weighted by Gasteiger charge is 2.35. The maximum Gasteiger partial charge on any atom is 0.416 e. The molecule has 1 saturated heterocycles. The number of esters is 1. The molecule has 0 bridgehead atoms. The van der Waals surface area contributed by atoms with Gasteiger partial charge in [0.05, 0.1) is 16.6 Å². The molecule has 2 atom stereocenters. The van der Waals surface area contributed by atoms with Crippen molar-refractivity contribution >= 4 is 44.5 Å². The first-order valence-electron chi connectivity index (χ1n) is 14.6. The van der Waals surface area contributed by atoms with E-state index in [2.05, 4.69) is 33.1 Å². The van der Waals surface area contributed by atoms with E-state index in [9.17, 15) is 22.8 Å². The number of amides is 1. The highest BCUT2D eigenvalue weighted by Crippen LogP contribution is 2.37. The van der Waals surface area contributed by atoms with Crippen LogP contribution in [0.25, 0.3) is 10.9 Å². The molecule has 43 heavy (non-hydrogen) atoms. The van der Waals surface area contributed by atoms with E-state index in [0.717, 1.165) is 47.9 Å². The van der Waals surface area contributed by atoms with Crippen LogP contribution in [0.1, 0.15) is 86.3 Å². The molecule has 2 aromatic carbocycles.